The van der Waals surface area contributed by atoms with E-state index in [0.29, 0.717) is 26.3 Å². The van der Waals surface area contributed by atoms with E-state index in [9.17, 15) is 4.79 Å². The number of aromatic nitrogens is 3. The first-order valence-electron chi connectivity index (χ1n) is 12.7. The Bertz CT molecular complexity index is 1360. The van der Waals surface area contributed by atoms with Crippen molar-refractivity contribution in [1.29, 1.82) is 0 Å². The summed E-state index contributed by atoms with van der Waals surface area (Å²) in [6, 6.07) is 21.8. The molecule has 192 valence electrons. The molecule has 2 aromatic heterocycles. The molecule has 3 heterocycles. The Balaban J connectivity index is 1.65. The van der Waals surface area contributed by atoms with Crippen LogP contribution in [0.5, 0.6) is 5.75 Å². The molecule has 0 saturated heterocycles. The van der Waals surface area contributed by atoms with Crippen LogP contribution in [0.4, 0.5) is 4.79 Å². The quantitative estimate of drug-likeness (QED) is 0.346. The molecule has 8 heteroatoms. The van der Waals surface area contributed by atoms with Crippen LogP contribution in [0, 0.1) is 6.92 Å². The number of benzene rings is 2. The number of amides is 2. The lowest BCUT2D eigenvalue weighted by Gasteiger charge is -2.31. The Morgan fingerprint density at radius 1 is 1.11 bits per heavy atom. The molecule has 0 bridgehead atoms. The number of aryl methyl sites for hydroxylation is 1. The number of para-hydroxylation sites is 1. The summed E-state index contributed by atoms with van der Waals surface area (Å²) in [6.45, 7) is 6.09. The minimum absolute atomic E-state index is 0.129. The highest BCUT2D eigenvalue weighted by Gasteiger charge is 2.36. The van der Waals surface area contributed by atoms with Gasteiger partial charge in [-0.2, -0.15) is 5.10 Å². The van der Waals surface area contributed by atoms with Gasteiger partial charge in [-0.15, -0.1) is 0 Å². The van der Waals surface area contributed by atoms with Gasteiger partial charge in [0.15, 0.2) is 0 Å². The van der Waals surface area contributed by atoms with Crippen molar-refractivity contribution in [3.8, 4) is 17.3 Å². The molecule has 0 aliphatic carbocycles. The summed E-state index contributed by atoms with van der Waals surface area (Å²) in [7, 11) is 1.67. The van der Waals surface area contributed by atoms with Gasteiger partial charge >= 0.3 is 6.03 Å². The third kappa shape index (κ3) is 4.84. The highest BCUT2D eigenvalue weighted by Crippen LogP contribution is 2.39. The topological polar surface area (TPSA) is 73.5 Å². The molecule has 1 unspecified atom stereocenters. The highest BCUT2D eigenvalue weighted by molar-refractivity contribution is 5.76. The van der Waals surface area contributed by atoms with Crippen molar-refractivity contribution >= 4 is 6.03 Å². The van der Waals surface area contributed by atoms with Crippen LogP contribution in [-0.4, -0.2) is 52.1 Å². The van der Waals surface area contributed by atoms with E-state index in [1.165, 1.54) is 0 Å². The van der Waals surface area contributed by atoms with Crippen molar-refractivity contribution in [1.82, 2.24) is 24.6 Å². The minimum atomic E-state index is -0.325. The second-order valence-electron chi connectivity index (χ2n) is 9.05. The predicted octanol–water partition coefficient (Wildman–Crippen LogP) is 5.02. The molecule has 8 nitrogen and oxygen atoms in total. The molecule has 1 aliphatic rings. The summed E-state index contributed by atoms with van der Waals surface area (Å²) >= 11 is 0. The first-order valence-corrected chi connectivity index (χ1v) is 12.7. The maximum Gasteiger partial charge on any atom is 0.318 e. The fourth-order valence-electron chi connectivity index (χ4n) is 4.95. The molecule has 1 N–H and O–H groups in total. The molecule has 2 aromatic carbocycles. The van der Waals surface area contributed by atoms with Crippen LogP contribution in [0.25, 0.3) is 11.5 Å². The fourth-order valence-corrected chi connectivity index (χ4v) is 4.95. The second-order valence-corrected chi connectivity index (χ2v) is 9.05. The average Bonchev–Trinajstić information content (AvgIpc) is 3.48. The van der Waals surface area contributed by atoms with Crippen molar-refractivity contribution in [2.45, 2.75) is 32.9 Å². The van der Waals surface area contributed by atoms with Crippen LogP contribution in [-0.2, 0) is 11.3 Å². The van der Waals surface area contributed by atoms with Gasteiger partial charge in [0.05, 0.1) is 36.3 Å². The highest BCUT2D eigenvalue weighted by atomic mass is 16.5. The Labute approximate surface area is 217 Å². The molecule has 4 aromatic rings. The smallest absolute Gasteiger partial charge is 0.318 e. The summed E-state index contributed by atoms with van der Waals surface area (Å²) in [5.74, 6) is 1.73. The van der Waals surface area contributed by atoms with Crippen LogP contribution in [0.1, 0.15) is 41.9 Å². The number of urea groups is 1. The van der Waals surface area contributed by atoms with Gasteiger partial charge in [0.1, 0.15) is 11.6 Å². The van der Waals surface area contributed by atoms with Gasteiger partial charge in [0.25, 0.3) is 0 Å². The van der Waals surface area contributed by atoms with Gasteiger partial charge in [-0.1, -0.05) is 30.3 Å². The van der Waals surface area contributed by atoms with E-state index in [1.807, 2.05) is 84.2 Å². The van der Waals surface area contributed by atoms with Crippen LogP contribution < -0.4 is 10.1 Å². The molecule has 2 amide bonds. The Morgan fingerprint density at radius 2 is 1.95 bits per heavy atom. The fraction of sp³-hybridized carbons (Fsp3) is 0.310. The number of hydrogen-bond acceptors (Lipinski definition) is 4. The van der Waals surface area contributed by atoms with Crippen molar-refractivity contribution in [3.05, 3.63) is 95.4 Å². The number of nitrogens with zero attached hydrogens (tertiary/aromatic N) is 4. The molecular weight excluding hydrogens is 466 g/mol. The van der Waals surface area contributed by atoms with E-state index in [4.69, 9.17) is 14.6 Å². The lowest BCUT2D eigenvalue weighted by atomic mass is 10.0. The number of ether oxygens (including phenoxy) is 2. The molecule has 0 saturated carbocycles. The zero-order valence-electron chi connectivity index (χ0n) is 21.6. The maximum atomic E-state index is 13.7. The predicted molar refractivity (Wildman–Crippen MR) is 143 cm³/mol. The SMILES string of the molecule is CCOc1cccc(C2c3cccn3-c3c(c(C)nn3-c3ccccc3)CN2C(=O)NCCCOC)c1. The number of carbonyl (C=O) groups is 1. The molecule has 0 spiro atoms. The molecule has 0 radical (unpaired) electrons. The Morgan fingerprint density at radius 3 is 2.73 bits per heavy atom. The number of rotatable bonds is 8. The number of fused-ring (bicyclic) bond motifs is 3. The Kier molecular flexibility index (Phi) is 7.28. The summed E-state index contributed by atoms with van der Waals surface area (Å²) in [5, 5.41) is 8.01. The van der Waals surface area contributed by atoms with E-state index in [1.54, 1.807) is 7.11 Å². The molecule has 37 heavy (non-hydrogen) atoms. The number of carbonyl (C=O) groups excluding carboxylic acids is 1. The van der Waals surface area contributed by atoms with Gasteiger partial charge in [0.2, 0.25) is 0 Å². The molecular formula is C29H33N5O3. The van der Waals surface area contributed by atoms with E-state index >= 15 is 0 Å². The standard InChI is InChI=1S/C29H33N5O3/c1-4-37-24-14-8-11-22(19-24)27-26-15-9-17-32(26)28-25(20-33(27)29(35)30-16-10-18-36-3)21(2)31-34(28)23-12-6-5-7-13-23/h5-9,11-15,17,19,27H,4,10,16,18,20H2,1-3H3,(H,30,35). The number of hydrogen-bond donors (Lipinski definition) is 1. The zero-order valence-corrected chi connectivity index (χ0v) is 21.6. The molecule has 1 atom stereocenters. The normalized spacial score (nSPS) is 14.6. The first-order chi connectivity index (χ1) is 18.1. The minimum Gasteiger partial charge on any atom is -0.494 e. The van der Waals surface area contributed by atoms with Crippen LogP contribution in [0.15, 0.2) is 72.9 Å². The van der Waals surface area contributed by atoms with Gasteiger partial charge in [0, 0.05) is 32.0 Å². The third-order valence-corrected chi connectivity index (χ3v) is 6.63. The maximum absolute atomic E-state index is 13.7. The number of methoxy groups -OCH3 is 1. The van der Waals surface area contributed by atoms with E-state index in [2.05, 4.69) is 22.0 Å². The van der Waals surface area contributed by atoms with Crippen LogP contribution in [0.2, 0.25) is 0 Å². The van der Waals surface area contributed by atoms with Crippen LogP contribution in [0.3, 0.4) is 0 Å². The average molecular weight is 500 g/mol. The van der Waals surface area contributed by atoms with E-state index in [-0.39, 0.29) is 12.1 Å². The molecule has 5 rings (SSSR count). The summed E-state index contributed by atoms with van der Waals surface area (Å²) < 4.78 is 15.1. The monoisotopic (exact) mass is 499 g/mol. The zero-order chi connectivity index (χ0) is 25.8. The summed E-state index contributed by atoms with van der Waals surface area (Å²) in [6.07, 6.45) is 2.79. The second kappa shape index (κ2) is 10.9. The van der Waals surface area contributed by atoms with Gasteiger partial charge in [-0.3, -0.25) is 0 Å². The van der Waals surface area contributed by atoms with Gasteiger partial charge < -0.3 is 24.3 Å². The van der Waals surface area contributed by atoms with E-state index in [0.717, 1.165) is 46.2 Å². The lowest BCUT2D eigenvalue weighted by molar-refractivity contribution is 0.174. The van der Waals surface area contributed by atoms with Crippen molar-refractivity contribution in [2.24, 2.45) is 0 Å². The first kappa shape index (κ1) is 24.6. The van der Waals surface area contributed by atoms with Crippen molar-refractivity contribution < 1.29 is 14.3 Å². The molecule has 1 aliphatic heterocycles. The Hall–Kier alpha value is -4.04. The molecule has 0 fully saturated rings. The van der Waals surface area contributed by atoms with Crippen LogP contribution >= 0.6 is 0 Å². The van der Waals surface area contributed by atoms with E-state index < -0.39 is 0 Å². The summed E-state index contributed by atoms with van der Waals surface area (Å²) in [4.78, 5) is 15.6. The number of nitrogens with one attached hydrogen (secondary N) is 1. The van der Waals surface area contributed by atoms with Crippen molar-refractivity contribution in [3.63, 3.8) is 0 Å². The van der Waals surface area contributed by atoms with Gasteiger partial charge in [-0.05, 0) is 62.2 Å². The summed E-state index contributed by atoms with van der Waals surface area (Å²) in [5.41, 5.74) is 4.84. The largest absolute Gasteiger partial charge is 0.494 e. The van der Waals surface area contributed by atoms with Crippen molar-refractivity contribution in [2.75, 3.05) is 26.9 Å². The van der Waals surface area contributed by atoms with Gasteiger partial charge in [-0.25, -0.2) is 9.48 Å². The lowest BCUT2D eigenvalue weighted by Crippen LogP contribution is -2.42. The third-order valence-electron chi connectivity index (χ3n) is 6.63.